The molecule has 1 aliphatic rings. The molecule has 0 aliphatic heterocycles. The number of hydrogen-bond donors (Lipinski definition) is 2. The molecule has 6 aromatic rings. The summed E-state index contributed by atoms with van der Waals surface area (Å²) in [4.78, 5) is 35.4. The Hall–Kier alpha value is -5.08. The van der Waals surface area contributed by atoms with Crippen molar-refractivity contribution in [3.8, 4) is 28.1 Å². The number of amides is 1. The summed E-state index contributed by atoms with van der Waals surface area (Å²) in [6, 6.07) is 21.9. The van der Waals surface area contributed by atoms with E-state index in [0.717, 1.165) is 46.2 Å². The summed E-state index contributed by atoms with van der Waals surface area (Å²) < 4.78 is 16.7. The van der Waals surface area contributed by atoms with Crippen molar-refractivity contribution in [3.05, 3.63) is 118 Å². The Labute approximate surface area is 246 Å². The zero-order valence-electron chi connectivity index (χ0n) is 23.8. The molecule has 1 aliphatic carbocycles. The highest BCUT2D eigenvalue weighted by Gasteiger charge is 2.25. The van der Waals surface area contributed by atoms with E-state index in [1.54, 1.807) is 50.8 Å². The number of carbonyl (C=O) groups is 1. The van der Waals surface area contributed by atoms with E-state index in [-0.39, 0.29) is 17.9 Å². The van der Waals surface area contributed by atoms with Crippen LogP contribution >= 0.6 is 0 Å². The minimum absolute atomic E-state index is 0.0427. The van der Waals surface area contributed by atoms with Gasteiger partial charge in [0.25, 0.3) is 11.5 Å². The van der Waals surface area contributed by atoms with Gasteiger partial charge in [-0.2, -0.15) is 0 Å². The summed E-state index contributed by atoms with van der Waals surface area (Å²) in [6.45, 7) is -0.332. The minimum atomic E-state index is -0.518. The summed E-state index contributed by atoms with van der Waals surface area (Å²) in [5.74, 6) is -0.216. The molecular weight excluding hydrogens is 543 g/mol. The van der Waals surface area contributed by atoms with Gasteiger partial charge < -0.3 is 15.0 Å². The normalized spacial score (nSPS) is 13.1. The van der Waals surface area contributed by atoms with Crippen LogP contribution in [0.15, 0.2) is 90.0 Å². The predicted octanol–water partition coefficient (Wildman–Crippen LogP) is 6.41. The Morgan fingerprint density at radius 3 is 2.56 bits per heavy atom. The molecule has 214 valence electrons. The van der Waals surface area contributed by atoms with Crippen LogP contribution in [0.25, 0.3) is 49.9 Å². The summed E-state index contributed by atoms with van der Waals surface area (Å²) in [7, 11) is 3.44. The fourth-order valence-electron chi connectivity index (χ4n) is 5.88. The lowest BCUT2D eigenvalue weighted by atomic mass is 9.96. The molecule has 0 saturated heterocycles. The Balaban J connectivity index is 1.33. The van der Waals surface area contributed by atoms with E-state index in [1.807, 2.05) is 42.5 Å². The first-order chi connectivity index (χ1) is 20.8. The molecule has 0 bridgehead atoms. The van der Waals surface area contributed by atoms with Gasteiger partial charge in [0, 0.05) is 48.7 Å². The van der Waals surface area contributed by atoms with Gasteiger partial charge in [-0.05, 0) is 88.9 Å². The second-order valence-corrected chi connectivity index (χ2v) is 11.3. The molecule has 1 amide bonds. The maximum Gasteiger partial charge on any atom is 0.265 e. The molecule has 43 heavy (non-hydrogen) atoms. The quantitative estimate of drug-likeness (QED) is 0.241. The van der Waals surface area contributed by atoms with Crippen LogP contribution in [0, 0.1) is 5.82 Å². The fraction of sp³-hybridized carbons (Fsp3) is 0.171. The van der Waals surface area contributed by atoms with Gasteiger partial charge >= 0.3 is 0 Å². The number of nitrogens with one attached hydrogen (secondary N) is 1. The Morgan fingerprint density at radius 1 is 1.05 bits per heavy atom. The molecule has 3 aromatic carbocycles. The molecule has 0 spiro atoms. The monoisotopic (exact) mass is 572 g/mol. The summed E-state index contributed by atoms with van der Waals surface area (Å²) in [5.41, 5.74) is 6.03. The van der Waals surface area contributed by atoms with Crippen molar-refractivity contribution in [2.45, 2.75) is 25.4 Å². The Morgan fingerprint density at radius 2 is 1.84 bits per heavy atom. The average molecular weight is 573 g/mol. The Bertz CT molecular complexity index is 2110. The van der Waals surface area contributed by atoms with Gasteiger partial charge in [0.2, 0.25) is 0 Å². The molecule has 2 N–H and O–H groups in total. The molecule has 1 fully saturated rings. The largest absolute Gasteiger partial charge is 0.392 e. The SMILES string of the molecule is CN(C)C(=O)c1ccc(-c2cc3c(-c4cccc(-n5ccc6cc(C7CC7)cc(F)c6c5=O)c4CO)ccnc3[nH]2)cc1. The van der Waals surface area contributed by atoms with E-state index in [2.05, 4.69) is 9.97 Å². The average Bonchev–Trinajstić information content (AvgIpc) is 3.78. The standard InChI is InChI=1S/C35H29FN4O3/c1-39(2)34(42)22-10-8-21(9-11-22)30-18-27-26(12-14-37-33(27)38-30)25-4-3-5-31(28(25)19-41)40-15-13-23-16-24(20-6-7-20)17-29(36)32(23)35(40)43/h3-5,8-18,20,41H,6-7,19H2,1-2H3,(H,37,38). The van der Waals surface area contributed by atoms with Crippen LogP contribution in [0.5, 0.6) is 0 Å². The molecule has 7 nitrogen and oxygen atoms in total. The summed E-state index contributed by atoms with van der Waals surface area (Å²) in [5, 5.41) is 12.1. The van der Waals surface area contributed by atoms with Crippen LogP contribution < -0.4 is 5.56 Å². The van der Waals surface area contributed by atoms with Crippen LogP contribution in [0.4, 0.5) is 4.39 Å². The third kappa shape index (κ3) is 4.60. The second kappa shape index (κ2) is 10.3. The summed E-state index contributed by atoms with van der Waals surface area (Å²) in [6.07, 6.45) is 5.44. The van der Waals surface area contributed by atoms with Gasteiger partial charge in [0.1, 0.15) is 11.5 Å². The number of nitrogens with zero attached hydrogens (tertiary/aromatic N) is 3. The van der Waals surface area contributed by atoms with Crippen molar-refractivity contribution in [2.75, 3.05) is 14.1 Å². The molecular formula is C35H29FN4O3. The number of fused-ring (bicyclic) bond motifs is 2. The summed E-state index contributed by atoms with van der Waals surface area (Å²) >= 11 is 0. The first kappa shape index (κ1) is 26.8. The number of aliphatic hydroxyl groups excluding tert-OH is 1. The number of halogens is 1. The lowest BCUT2D eigenvalue weighted by Crippen LogP contribution is -2.21. The van der Waals surface area contributed by atoms with Crippen molar-refractivity contribution in [3.63, 3.8) is 0 Å². The van der Waals surface area contributed by atoms with Gasteiger partial charge in [0.05, 0.1) is 17.7 Å². The van der Waals surface area contributed by atoms with E-state index < -0.39 is 11.4 Å². The molecule has 3 heterocycles. The number of aliphatic hydroxyl groups is 1. The maximum atomic E-state index is 15.2. The lowest BCUT2D eigenvalue weighted by Gasteiger charge is -2.16. The number of rotatable bonds is 6. The predicted molar refractivity (Wildman–Crippen MR) is 166 cm³/mol. The third-order valence-electron chi connectivity index (χ3n) is 8.27. The van der Waals surface area contributed by atoms with E-state index >= 15 is 4.39 Å². The van der Waals surface area contributed by atoms with Gasteiger partial charge in [-0.25, -0.2) is 9.37 Å². The number of carbonyl (C=O) groups excluding carboxylic acids is 1. The third-order valence-corrected chi connectivity index (χ3v) is 8.27. The lowest BCUT2D eigenvalue weighted by molar-refractivity contribution is 0.0827. The highest BCUT2D eigenvalue weighted by Crippen LogP contribution is 2.41. The van der Waals surface area contributed by atoms with E-state index in [4.69, 9.17) is 0 Å². The number of aromatic amines is 1. The molecule has 7 rings (SSSR count). The van der Waals surface area contributed by atoms with Gasteiger partial charge in [-0.1, -0.05) is 30.3 Å². The van der Waals surface area contributed by atoms with Gasteiger partial charge in [0.15, 0.2) is 0 Å². The van der Waals surface area contributed by atoms with Crippen LogP contribution in [-0.2, 0) is 6.61 Å². The van der Waals surface area contributed by atoms with Gasteiger partial charge in [-0.15, -0.1) is 0 Å². The van der Waals surface area contributed by atoms with Crippen molar-refractivity contribution >= 4 is 27.7 Å². The molecule has 0 radical (unpaired) electrons. The molecule has 0 atom stereocenters. The highest BCUT2D eigenvalue weighted by atomic mass is 19.1. The molecule has 0 unspecified atom stereocenters. The number of pyridine rings is 2. The van der Waals surface area contributed by atoms with Crippen LogP contribution in [-0.4, -0.2) is 44.5 Å². The molecule has 1 saturated carbocycles. The van der Waals surface area contributed by atoms with E-state index in [1.165, 1.54) is 15.5 Å². The second-order valence-electron chi connectivity index (χ2n) is 11.3. The van der Waals surface area contributed by atoms with Crippen LogP contribution in [0.3, 0.4) is 0 Å². The number of aromatic nitrogens is 3. The first-order valence-electron chi connectivity index (χ1n) is 14.2. The highest BCUT2D eigenvalue weighted by molar-refractivity contribution is 5.98. The minimum Gasteiger partial charge on any atom is -0.392 e. The number of H-pyrrole nitrogens is 1. The van der Waals surface area contributed by atoms with Crippen molar-refractivity contribution in [1.29, 1.82) is 0 Å². The first-order valence-corrected chi connectivity index (χ1v) is 14.2. The number of benzene rings is 3. The van der Waals surface area contributed by atoms with Gasteiger partial charge in [-0.3, -0.25) is 14.2 Å². The van der Waals surface area contributed by atoms with E-state index in [9.17, 15) is 14.7 Å². The smallest absolute Gasteiger partial charge is 0.265 e. The zero-order valence-corrected chi connectivity index (χ0v) is 23.8. The van der Waals surface area contributed by atoms with Crippen LogP contribution in [0.1, 0.15) is 40.2 Å². The molecule has 3 aromatic heterocycles. The van der Waals surface area contributed by atoms with Crippen molar-refractivity contribution in [2.24, 2.45) is 0 Å². The van der Waals surface area contributed by atoms with E-state index in [0.29, 0.717) is 33.8 Å². The van der Waals surface area contributed by atoms with Crippen molar-refractivity contribution in [1.82, 2.24) is 19.4 Å². The number of hydrogen-bond acceptors (Lipinski definition) is 4. The topological polar surface area (TPSA) is 91.2 Å². The zero-order chi connectivity index (χ0) is 29.8. The van der Waals surface area contributed by atoms with Crippen LogP contribution in [0.2, 0.25) is 0 Å². The van der Waals surface area contributed by atoms with Crippen molar-refractivity contribution < 1.29 is 14.3 Å². The Kier molecular flexibility index (Phi) is 6.43. The maximum absolute atomic E-state index is 15.2. The molecule has 8 heteroatoms. The fourth-order valence-corrected chi connectivity index (χ4v) is 5.88.